The first kappa shape index (κ1) is 27.4. The lowest BCUT2D eigenvalue weighted by atomic mass is 9.86. The van der Waals surface area contributed by atoms with Gasteiger partial charge in [-0.2, -0.15) is 0 Å². The summed E-state index contributed by atoms with van der Waals surface area (Å²) >= 11 is 0. The number of cyclic esters (lactones) is 1. The third-order valence-electron chi connectivity index (χ3n) is 6.07. The SMILES string of the molecule is CCCCCCC[C@@H](C[C@@H]1OC(=O)[C@H]1CCCCCCCC(C)C)OC(=O)CNC=O. The van der Waals surface area contributed by atoms with Crippen LogP contribution >= 0.6 is 0 Å². The Balaban J connectivity index is 2.38. The van der Waals surface area contributed by atoms with Gasteiger partial charge in [-0.05, 0) is 25.2 Å². The lowest BCUT2D eigenvalue weighted by molar-refractivity contribution is -0.190. The van der Waals surface area contributed by atoms with Gasteiger partial charge in [0.2, 0.25) is 6.41 Å². The van der Waals surface area contributed by atoms with Crippen LogP contribution in [0.3, 0.4) is 0 Å². The molecule has 0 saturated carbocycles. The monoisotopic (exact) mass is 439 g/mol. The topological polar surface area (TPSA) is 81.7 Å². The number of nitrogens with one attached hydrogen (secondary N) is 1. The van der Waals surface area contributed by atoms with Crippen molar-refractivity contribution in [2.45, 2.75) is 123 Å². The number of esters is 2. The number of ether oxygens (including phenoxy) is 2. The Kier molecular flexibility index (Phi) is 15.1. The largest absolute Gasteiger partial charge is 0.461 e. The van der Waals surface area contributed by atoms with Gasteiger partial charge in [0.25, 0.3) is 0 Å². The van der Waals surface area contributed by atoms with Crippen LogP contribution in [0.2, 0.25) is 0 Å². The predicted octanol–water partition coefficient (Wildman–Crippen LogP) is 5.32. The Morgan fingerprint density at radius 3 is 2.32 bits per heavy atom. The van der Waals surface area contributed by atoms with Crippen LogP contribution in [-0.4, -0.2) is 37.1 Å². The van der Waals surface area contributed by atoms with Crippen LogP contribution in [0.1, 0.15) is 111 Å². The van der Waals surface area contributed by atoms with Crippen molar-refractivity contribution >= 4 is 18.3 Å². The fraction of sp³-hybridized carbons (Fsp3) is 0.880. The highest BCUT2D eigenvalue weighted by Gasteiger charge is 2.43. The number of hydrogen-bond acceptors (Lipinski definition) is 5. The molecule has 1 saturated heterocycles. The minimum atomic E-state index is -0.436. The number of carbonyl (C=O) groups is 3. The van der Waals surface area contributed by atoms with E-state index in [-0.39, 0.29) is 30.6 Å². The number of rotatable bonds is 20. The van der Waals surface area contributed by atoms with E-state index in [9.17, 15) is 14.4 Å². The van der Waals surface area contributed by atoms with Crippen molar-refractivity contribution < 1.29 is 23.9 Å². The van der Waals surface area contributed by atoms with E-state index in [0.29, 0.717) is 12.8 Å². The molecule has 1 aliphatic rings. The molecule has 6 nitrogen and oxygen atoms in total. The molecule has 1 rings (SSSR count). The lowest BCUT2D eigenvalue weighted by Gasteiger charge is -2.37. The Morgan fingerprint density at radius 1 is 1.03 bits per heavy atom. The molecule has 31 heavy (non-hydrogen) atoms. The molecule has 0 spiro atoms. The summed E-state index contributed by atoms with van der Waals surface area (Å²) in [4.78, 5) is 34.4. The van der Waals surface area contributed by atoms with Crippen LogP contribution in [0.5, 0.6) is 0 Å². The van der Waals surface area contributed by atoms with Crippen LogP contribution < -0.4 is 5.32 Å². The summed E-state index contributed by atoms with van der Waals surface area (Å²) in [5.74, 6) is 0.160. The van der Waals surface area contributed by atoms with Crippen LogP contribution in [0.25, 0.3) is 0 Å². The van der Waals surface area contributed by atoms with Crippen molar-refractivity contribution in [1.82, 2.24) is 5.32 Å². The van der Waals surface area contributed by atoms with Gasteiger partial charge in [0.1, 0.15) is 18.8 Å². The van der Waals surface area contributed by atoms with Gasteiger partial charge in [-0.3, -0.25) is 14.4 Å². The molecule has 0 unspecified atom stereocenters. The molecule has 1 fully saturated rings. The number of amides is 1. The average molecular weight is 440 g/mol. The first-order valence-electron chi connectivity index (χ1n) is 12.5. The van der Waals surface area contributed by atoms with E-state index in [1.807, 2.05) is 0 Å². The third-order valence-corrected chi connectivity index (χ3v) is 6.07. The molecule has 180 valence electrons. The standard InChI is InChI=1S/C25H45NO5/c1-4-5-6-8-12-15-21(30-24(28)18-26-19-27)17-23-22(25(29)31-23)16-13-10-7-9-11-14-20(2)3/h19-23H,4-18H2,1-3H3,(H,26,27)/t21-,22-,23-/m0/s1. The summed E-state index contributed by atoms with van der Waals surface area (Å²) < 4.78 is 11.0. The fourth-order valence-corrected chi connectivity index (χ4v) is 4.17. The molecule has 1 aliphatic heterocycles. The molecule has 1 N–H and O–H groups in total. The van der Waals surface area contributed by atoms with E-state index < -0.39 is 5.97 Å². The summed E-state index contributed by atoms with van der Waals surface area (Å²) in [6.45, 7) is 6.58. The lowest BCUT2D eigenvalue weighted by Crippen LogP contribution is -2.47. The second-order valence-corrected chi connectivity index (χ2v) is 9.37. The van der Waals surface area contributed by atoms with Crippen molar-refractivity contribution in [1.29, 1.82) is 0 Å². The fourth-order valence-electron chi connectivity index (χ4n) is 4.17. The van der Waals surface area contributed by atoms with Crippen molar-refractivity contribution in [3.05, 3.63) is 0 Å². The summed E-state index contributed by atoms with van der Waals surface area (Å²) in [7, 11) is 0. The van der Waals surface area contributed by atoms with Crippen molar-refractivity contribution in [3.8, 4) is 0 Å². The summed E-state index contributed by atoms with van der Waals surface area (Å²) in [5, 5.41) is 2.35. The zero-order chi connectivity index (χ0) is 22.9. The van der Waals surface area contributed by atoms with E-state index in [1.54, 1.807) is 0 Å². The quantitative estimate of drug-likeness (QED) is 0.158. The number of unbranched alkanes of at least 4 members (excludes halogenated alkanes) is 8. The molecule has 1 heterocycles. The summed E-state index contributed by atoms with van der Waals surface area (Å²) in [6, 6.07) is 0. The number of hydrogen-bond donors (Lipinski definition) is 1. The highest BCUT2D eigenvalue weighted by atomic mass is 16.6. The first-order valence-corrected chi connectivity index (χ1v) is 12.5. The van der Waals surface area contributed by atoms with E-state index >= 15 is 0 Å². The van der Waals surface area contributed by atoms with Gasteiger partial charge in [-0.25, -0.2) is 0 Å². The van der Waals surface area contributed by atoms with Gasteiger partial charge in [-0.15, -0.1) is 0 Å². The van der Waals surface area contributed by atoms with Crippen LogP contribution in [-0.2, 0) is 23.9 Å². The molecule has 0 radical (unpaired) electrons. The van der Waals surface area contributed by atoms with Gasteiger partial charge in [0.05, 0.1) is 5.92 Å². The highest BCUT2D eigenvalue weighted by molar-refractivity contribution is 5.78. The maximum atomic E-state index is 12.0. The van der Waals surface area contributed by atoms with E-state index in [2.05, 4.69) is 26.1 Å². The molecule has 0 bridgehead atoms. The second kappa shape index (κ2) is 17.0. The van der Waals surface area contributed by atoms with Crippen LogP contribution in [0, 0.1) is 11.8 Å². The van der Waals surface area contributed by atoms with Gasteiger partial charge >= 0.3 is 11.9 Å². The van der Waals surface area contributed by atoms with E-state index in [0.717, 1.165) is 44.4 Å². The summed E-state index contributed by atoms with van der Waals surface area (Å²) in [5.41, 5.74) is 0. The average Bonchev–Trinajstić information content (AvgIpc) is 2.73. The Bertz CT molecular complexity index is 508. The van der Waals surface area contributed by atoms with E-state index in [4.69, 9.17) is 9.47 Å². The van der Waals surface area contributed by atoms with Crippen molar-refractivity contribution in [2.75, 3.05) is 6.54 Å². The minimum absolute atomic E-state index is 0.0648. The maximum absolute atomic E-state index is 12.0. The van der Waals surface area contributed by atoms with Gasteiger partial charge < -0.3 is 14.8 Å². The number of carbonyl (C=O) groups excluding carboxylic acids is 3. The zero-order valence-electron chi connectivity index (χ0n) is 20.0. The smallest absolute Gasteiger partial charge is 0.325 e. The Labute approximate surface area is 189 Å². The first-order chi connectivity index (χ1) is 15.0. The maximum Gasteiger partial charge on any atom is 0.325 e. The molecular formula is C25H45NO5. The van der Waals surface area contributed by atoms with Crippen molar-refractivity contribution in [2.24, 2.45) is 11.8 Å². The molecule has 1 amide bonds. The molecule has 6 heteroatoms. The normalized spacial score (nSPS) is 18.9. The molecule has 3 atom stereocenters. The van der Waals surface area contributed by atoms with E-state index in [1.165, 1.54) is 44.9 Å². The summed E-state index contributed by atoms with van der Waals surface area (Å²) in [6.07, 6.45) is 15.2. The van der Waals surface area contributed by atoms with Gasteiger partial charge in [0, 0.05) is 6.42 Å². The molecule has 0 aromatic rings. The molecule has 0 aromatic heterocycles. The third kappa shape index (κ3) is 12.8. The van der Waals surface area contributed by atoms with Crippen molar-refractivity contribution in [3.63, 3.8) is 0 Å². The van der Waals surface area contributed by atoms with Crippen LogP contribution in [0.15, 0.2) is 0 Å². The molecule has 0 aromatic carbocycles. The molecular weight excluding hydrogens is 394 g/mol. The van der Waals surface area contributed by atoms with Gasteiger partial charge in [-0.1, -0.05) is 85.0 Å². The van der Waals surface area contributed by atoms with Crippen LogP contribution in [0.4, 0.5) is 0 Å². The predicted molar refractivity (Wildman–Crippen MR) is 122 cm³/mol. The minimum Gasteiger partial charge on any atom is -0.461 e. The second-order valence-electron chi connectivity index (χ2n) is 9.37. The van der Waals surface area contributed by atoms with Gasteiger partial charge in [0.15, 0.2) is 0 Å². The highest BCUT2D eigenvalue weighted by Crippen LogP contribution is 2.32. The Morgan fingerprint density at radius 2 is 1.68 bits per heavy atom. The molecule has 0 aliphatic carbocycles. The Hall–Kier alpha value is -1.59. The zero-order valence-corrected chi connectivity index (χ0v) is 20.0.